The van der Waals surface area contributed by atoms with E-state index in [2.05, 4.69) is 25.4 Å². The lowest BCUT2D eigenvalue weighted by Crippen LogP contribution is -2.29. The Bertz CT molecular complexity index is 2020. The molecule has 0 aliphatic heterocycles. The topological polar surface area (TPSA) is 144 Å². The third kappa shape index (κ3) is 11.9. The number of benzene rings is 2. The Morgan fingerprint density at radius 2 is 1.04 bits per heavy atom. The van der Waals surface area contributed by atoms with Crippen LogP contribution in [0.2, 0.25) is 0 Å². The van der Waals surface area contributed by atoms with E-state index in [-0.39, 0.29) is 23.3 Å². The lowest BCUT2D eigenvalue weighted by molar-refractivity contribution is -0.123. The third-order valence-corrected chi connectivity index (χ3v) is 8.93. The van der Waals surface area contributed by atoms with Gasteiger partial charge in [0.15, 0.2) is 0 Å². The second kappa shape index (κ2) is 17.7. The highest BCUT2D eigenvalue weighted by molar-refractivity contribution is 5.94. The summed E-state index contributed by atoms with van der Waals surface area (Å²) in [7, 11) is 0. The minimum atomic E-state index is -0.585. The molecule has 2 aromatic carbocycles. The Morgan fingerprint density at radius 3 is 1.53 bits per heavy atom. The van der Waals surface area contributed by atoms with Crippen molar-refractivity contribution >= 4 is 23.5 Å². The molecule has 4 N–H and O–H groups in total. The van der Waals surface area contributed by atoms with Gasteiger partial charge in [0.1, 0.15) is 23.1 Å². The summed E-state index contributed by atoms with van der Waals surface area (Å²) in [6, 6.07) is 28.1. The first-order chi connectivity index (χ1) is 26.0. The lowest BCUT2D eigenvalue weighted by Gasteiger charge is -2.26. The minimum Gasteiger partial charge on any atom is -0.508 e. The van der Waals surface area contributed by atoms with Gasteiger partial charge in [0, 0.05) is 73.0 Å². The van der Waals surface area contributed by atoms with Gasteiger partial charge in [0.05, 0.1) is 17.1 Å². The Kier molecular flexibility index (Phi) is 13.0. The maximum absolute atomic E-state index is 12.8. The highest BCUT2D eigenvalue weighted by Crippen LogP contribution is 2.30. The van der Waals surface area contributed by atoms with E-state index < -0.39 is 10.8 Å². The summed E-state index contributed by atoms with van der Waals surface area (Å²) < 4.78 is 0. The van der Waals surface area contributed by atoms with Crippen LogP contribution in [0.5, 0.6) is 11.5 Å². The molecule has 3 heterocycles. The summed E-state index contributed by atoms with van der Waals surface area (Å²) >= 11 is 0. The number of pyridine rings is 3. The highest BCUT2D eigenvalue weighted by Gasteiger charge is 2.24. The lowest BCUT2D eigenvalue weighted by atomic mass is 9.96. The van der Waals surface area contributed by atoms with Crippen LogP contribution in [-0.2, 0) is 48.9 Å². The standard InChI is InChI=1S/C44H53N7O4/c1-30-22-32(25-50(27-34-15-10-11-21-45-34)24-31-14-8-9-18-37(31)52)40(53)33(23-30)26-51(28-35-16-12-19-38(46-35)48-41(54)43(2,3)4)29-36-17-13-20-39(47-36)49-42(55)44(5,6)7/h8-23,52-53H,24-29H2,1-7H3,(H,46,48,54)(H,47,49,55). The van der Waals surface area contributed by atoms with E-state index in [1.54, 1.807) is 30.5 Å². The molecular formula is C44H53N7O4. The van der Waals surface area contributed by atoms with Gasteiger partial charge in [-0.15, -0.1) is 0 Å². The number of rotatable bonds is 14. The van der Waals surface area contributed by atoms with Crippen LogP contribution in [0, 0.1) is 17.8 Å². The van der Waals surface area contributed by atoms with Crippen LogP contribution in [0.15, 0.2) is 97.2 Å². The number of hydrogen-bond acceptors (Lipinski definition) is 9. The van der Waals surface area contributed by atoms with Crippen molar-refractivity contribution in [1.82, 2.24) is 24.8 Å². The van der Waals surface area contributed by atoms with E-state index in [1.165, 1.54) is 0 Å². The van der Waals surface area contributed by atoms with Crippen molar-refractivity contribution in [3.05, 3.63) is 137 Å². The van der Waals surface area contributed by atoms with Gasteiger partial charge in [-0.25, -0.2) is 9.97 Å². The number of phenols is 2. The predicted molar refractivity (Wildman–Crippen MR) is 216 cm³/mol. The van der Waals surface area contributed by atoms with Crippen molar-refractivity contribution in [3.63, 3.8) is 0 Å². The molecule has 0 fully saturated rings. The Morgan fingerprint density at radius 1 is 0.582 bits per heavy atom. The molecule has 5 aromatic rings. The van der Waals surface area contributed by atoms with Gasteiger partial charge >= 0.3 is 0 Å². The van der Waals surface area contributed by atoms with Crippen LogP contribution < -0.4 is 10.6 Å². The molecule has 5 rings (SSSR count). The monoisotopic (exact) mass is 743 g/mol. The number of carbonyl (C=O) groups excluding carboxylic acids is 2. The number of carbonyl (C=O) groups is 2. The average Bonchev–Trinajstić information content (AvgIpc) is 3.11. The van der Waals surface area contributed by atoms with Gasteiger partial charge in [0.25, 0.3) is 0 Å². The molecule has 0 atom stereocenters. The Labute approximate surface area is 324 Å². The molecule has 2 amide bonds. The van der Waals surface area contributed by atoms with Gasteiger partial charge in [-0.05, 0) is 49.4 Å². The molecule has 0 aliphatic carbocycles. The second-order valence-corrected chi connectivity index (χ2v) is 16.1. The van der Waals surface area contributed by atoms with E-state index in [1.807, 2.05) is 115 Å². The molecule has 288 valence electrons. The number of phenolic OH excluding ortho intramolecular Hbond substituents is 2. The molecule has 0 saturated carbocycles. The third-order valence-electron chi connectivity index (χ3n) is 8.93. The first-order valence-corrected chi connectivity index (χ1v) is 18.5. The van der Waals surface area contributed by atoms with E-state index in [9.17, 15) is 19.8 Å². The Hall–Kier alpha value is -5.65. The zero-order valence-electron chi connectivity index (χ0n) is 32.9. The summed E-state index contributed by atoms with van der Waals surface area (Å²) in [6.07, 6.45) is 1.76. The van der Waals surface area contributed by atoms with Gasteiger partial charge in [-0.3, -0.25) is 24.4 Å². The van der Waals surface area contributed by atoms with Gasteiger partial charge < -0.3 is 20.8 Å². The van der Waals surface area contributed by atoms with E-state index >= 15 is 0 Å². The first kappa shape index (κ1) is 40.5. The molecule has 0 unspecified atom stereocenters. The molecule has 0 aliphatic rings. The number of amides is 2. The van der Waals surface area contributed by atoms with Crippen LogP contribution >= 0.6 is 0 Å². The van der Waals surface area contributed by atoms with E-state index in [4.69, 9.17) is 9.97 Å². The molecule has 0 spiro atoms. The summed E-state index contributed by atoms with van der Waals surface area (Å²) in [5, 5.41) is 28.4. The van der Waals surface area contributed by atoms with E-state index in [0.29, 0.717) is 50.9 Å². The van der Waals surface area contributed by atoms with Crippen molar-refractivity contribution in [2.75, 3.05) is 10.6 Å². The van der Waals surface area contributed by atoms with Crippen molar-refractivity contribution in [2.45, 2.75) is 87.7 Å². The average molecular weight is 744 g/mol. The fourth-order valence-electron chi connectivity index (χ4n) is 5.94. The quantitative estimate of drug-likeness (QED) is 0.0891. The molecule has 0 radical (unpaired) electrons. The molecule has 11 heteroatoms. The van der Waals surface area contributed by atoms with Gasteiger partial charge in [-0.2, -0.15) is 0 Å². The number of nitrogens with one attached hydrogen (secondary N) is 2. The summed E-state index contributed by atoms with van der Waals surface area (Å²) in [5.74, 6) is 1.04. The van der Waals surface area contributed by atoms with Crippen molar-refractivity contribution in [3.8, 4) is 11.5 Å². The summed E-state index contributed by atoms with van der Waals surface area (Å²) in [5.41, 5.74) is 4.38. The predicted octanol–water partition coefficient (Wildman–Crippen LogP) is 7.97. The smallest absolute Gasteiger partial charge is 0.230 e. The summed E-state index contributed by atoms with van der Waals surface area (Å²) in [4.78, 5) is 43.9. The first-order valence-electron chi connectivity index (χ1n) is 18.5. The van der Waals surface area contributed by atoms with Crippen LogP contribution in [0.3, 0.4) is 0 Å². The molecule has 3 aromatic heterocycles. The molecule has 11 nitrogen and oxygen atoms in total. The van der Waals surface area contributed by atoms with Crippen LogP contribution in [0.4, 0.5) is 11.6 Å². The second-order valence-electron chi connectivity index (χ2n) is 16.1. The fraction of sp³-hybridized carbons (Fsp3) is 0.341. The van der Waals surface area contributed by atoms with Crippen LogP contribution in [-0.4, -0.2) is 46.8 Å². The molecule has 55 heavy (non-hydrogen) atoms. The van der Waals surface area contributed by atoms with Crippen molar-refractivity contribution < 1.29 is 19.8 Å². The SMILES string of the molecule is Cc1cc(CN(Cc2cccc(NC(=O)C(C)(C)C)n2)Cc2cccc(NC(=O)C(C)(C)C)n2)c(O)c(CN(Cc2ccccn2)Cc2ccccc2O)c1. The van der Waals surface area contributed by atoms with Crippen LogP contribution in [0.1, 0.15) is 80.9 Å². The highest BCUT2D eigenvalue weighted by atomic mass is 16.3. The van der Waals surface area contributed by atoms with Crippen molar-refractivity contribution in [1.29, 1.82) is 0 Å². The number of aromatic nitrogens is 3. The molecule has 0 saturated heterocycles. The minimum absolute atomic E-state index is 0.135. The number of aryl methyl sites for hydroxylation is 1. The fourth-order valence-corrected chi connectivity index (χ4v) is 5.94. The van der Waals surface area contributed by atoms with E-state index in [0.717, 1.165) is 39.3 Å². The Balaban J connectivity index is 1.46. The van der Waals surface area contributed by atoms with Crippen LogP contribution in [0.25, 0.3) is 0 Å². The van der Waals surface area contributed by atoms with Gasteiger partial charge in [0.2, 0.25) is 11.8 Å². The number of aromatic hydroxyl groups is 2. The molecular weight excluding hydrogens is 691 g/mol. The zero-order valence-corrected chi connectivity index (χ0v) is 32.9. The number of anilines is 2. The number of para-hydroxylation sites is 1. The largest absolute Gasteiger partial charge is 0.508 e. The number of hydrogen-bond donors (Lipinski definition) is 4. The zero-order chi connectivity index (χ0) is 39.8. The number of nitrogens with zero attached hydrogens (tertiary/aromatic N) is 5. The maximum atomic E-state index is 12.8. The normalized spacial score (nSPS) is 11.9. The van der Waals surface area contributed by atoms with Gasteiger partial charge in [-0.1, -0.05) is 95.6 Å². The molecule has 0 bridgehead atoms. The maximum Gasteiger partial charge on any atom is 0.230 e. The van der Waals surface area contributed by atoms with Crippen molar-refractivity contribution in [2.24, 2.45) is 10.8 Å². The summed E-state index contributed by atoms with van der Waals surface area (Å²) in [6.45, 7) is 15.6.